The van der Waals surface area contributed by atoms with E-state index in [0.717, 1.165) is 48.9 Å². The SMILES string of the molecule is COc1cc(Cc2cnc(N)nc2N)cc(C#Cc2ccc3c(=O)c(C(=O)OC(C)CCN(C(C)C)C(C)C)cn(C4CCCCC4)c3c2)c1OC.CS(=O)(=O)O. The molecular formula is C42H56N6O8S. The molecule has 1 atom stereocenters. The highest BCUT2D eigenvalue weighted by atomic mass is 32.2. The molecule has 1 aliphatic rings. The second kappa shape index (κ2) is 19.8. The van der Waals surface area contributed by atoms with Crippen LogP contribution in [0.2, 0.25) is 0 Å². The Morgan fingerprint density at radius 3 is 2.28 bits per heavy atom. The molecule has 0 saturated heterocycles. The first-order valence-electron chi connectivity index (χ1n) is 19.1. The molecule has 57 heavy (non-hydrogen) atoms. The third-order valence-electron chi connectivity index (χ3n) is 9.84. The lowest BCUT2D eigenvalue weighted by Gasteiger charge is -2.31. The Morgan fingerprint density at radius 2 is 1.68 bits per heavy atom. The number of hydrogen-bond donors (Lipinski definition) is 3. The average Bonchev–Trinajstić information content (AvgIpc) is 3.14. The summed E-state index contributed by atoms with van der Waals surface area (Å²) in [6.07, 6.45) is 10.1. The molecule has 0 spiro atoms. The molecule has 14 nitrogen and oxygen atoms in total. The van der Waals surface area contributed by atoms with E-state index in [1.807, 2.05) is 31.2 Å². The minimum Gasteiger partial charge on any atom is -0.493 e. The van der Waals surface area contributed by atoms with E-state index in [9.17, 15) is 18.0 Å². The summed E-state index contributed by atoms with van der Waals surface area (Å²) in [4.78, 5) is 38.0. The Morgan fingerprint density at radius 1 is 1.02 bits per heavy atom. The van der Waals surface area contributed by atoms with Gasteiger partial charge in [-0.1, -0.05) is 31.1 Å². The van der Waals surface area contributed by atoms with Crippen molar-refractivity contribution in [3.63, 3.8) is 0 Å². The molecule has 0 bridgehead atoms. The molecule has 1 unspecified atom stereocenters. The number of anilines is 2. The van der Waals surface area contributed by atoms with Gasteiger partial charge in [-0.3, -0.25) is 14.2 Å². The second-order valence-electron chi connectivity index (χ2n) is 14.9. The van der Waals surface area contributed by atoms with Crippen molar-refractivity contribution in [2.24, 2.45) is 0 Å². The number of fused-ring (bicyclic) bond motifs is 1. The van der Waals surface area contributed by atoms with Gasteiger partial charge in [0.25, 0.3) is 10.1 Å². The zero-order valence-electron chi connectivity index (χ0n) is 34.2. The van der Waals surface area contributed by atoms with Gasteiger partial charge in [-0.25, -0.2) is 9.78 Å². The average molecular weight is 805 g/mol. The molecule has 0 aliphatic heterocycles. The monoisotopic (exact) mass is 804 g/mol. The number of nitrogens with zero attached hydrogens (tertiary/aromatic N) is 4. The van der Waals surface area contributed by atoms with E-state index in [2.05, 4.69) is 59.0 Å². The summed E-state index contributed by atoms with van der Waals surface area (Å²) in [5.74, 6) is 7.40. The lowest BCUT2D eigenvalue weighted by molar-refractivity contribution is 0.0280. The molecule has 1 aliphatic carbocycles. The van der Waals surface area contributed by atoms with Crippen LogP contribution in [-0.2, 0) is 21.3 Å². The number of esters is 1. The third-order valence-corrected chi connectivity index (χ3v) is 9.84. The first-order chi connectivity index (χ1) is 26.9. The van der Waals surface area contributed by atoms with Crippen molar-refractivity contribution in [1.29, 1.82) is 0 Å². The lowest BCUT2D eigenvalue weighted by atomic mass is 9.94. The van der Waals surface area contributed by atoms with Crippen LogP contribution in [-0.4, -0.2) is 83.6 Å². The Hall–Kier alpha value is -5.17. The maximum atomic E-state index is 13.9. The van der Waals surface area contributed by atoms with Gasteiger partial charge in [0.15, 0.2) is 11.5 Å². The normalized spacial score (nSPS) is 13.8. The van der Waals surface area contributed by atoms with Crippen LogP contribution in [0.15, 0.2) is 47.5 Å². The van der Waals surface area contributed by atoms with Gasteiger partial charge in [0.1, 0.15) is 17.5 Å². The number of nitrogens with two attached hydrogens (primary N) is 2. The predicted molar refractivity (Wildman–Crippen MR) is 223 cm³/mol. The van der Waals surface area contributed by atoms with Crippen molar-refractivity contribution in [2.75, 3.05) is 38.5 Å². The summed E-state index contributed by atoms with van der Waals surface area (Å²) in [6, 6.07) is 10.2. The van der Waals surface area contributed by atoms with Crippen molar-refractivity contribution in [3.8, 4) is 23.3 Å². The molecule has 2 heterocycles. The van der Waals surface area contributed by atoms with Crippen LogP contribution in [0.1, 0.15) is 112 Å². The summed E-state index contributed by atoms with van der Waals surface area (Å²) in [5.41, 5.74) is 15.2. The van der Waals surface area contributed by atoms with Crippen LogP contribution >= 0.6 is 0 Å². The van der Waals surface area contributed by atoms with Crippen LogP contribution < -0.4 is 26.4 Å². The molecule has 5 rings (SSSR count). The highest BCUT2D eigenvalue weighted by molar-refractivity contribution is 7.85. The van der Waals surface area contributed by atoms with E-state index >= 15 is 0 Å². The van der Waals surface area contributed by atoms with Crippen molar-refractivity contribution < 1.29 is 32.0 Å². The fourth-order valence-corrected chi connectivity index (χ4v) is 7.13. The van der Waals surface area contributed by atoms with Crippen molar-refractivity contribution >= 4 is 38.8 Å². The summed E-state index contributed by atoms with van der Waals surface area (Å²) >= 11 is 0. The number of benzene rings is 2. The van der Waals surface area contributed by atoms with Gasteiger partial charge >= 0.3 is 5.97 Å². The molecule has 4 aromatic rings. The number of hydrogen-bond acceptors (Lipinski definition) is 12. The standard InChI is InChI=1S/C41H52N6O5.CH4O3S/c1-25(2)46(26(3)4)18-17-27(5)52-40(49)34-24-47(32-11-9-8-10-12-32)35-21-28(14-16-33(35)37(34)48)13-15-30-19-29(22-36(50-6)38(30)51-7)20-31-23-44-41(43)45-39(31)42;1-5(2,3)4/h14,16,19,21-27,32H,8-12,17-18,20H2,1-7H3,(H4,42,43,44,45);1H3,(H,2,3,4). The smallest absolute Gasteiger partial charge is 0.343 e. The van der Waals surface area contributed by atoms with E-state index in [1.165, 1.54) is 6.42 Å². The Balaban J connectivity index is 0.00000135. The topological polar surface area (TPSA) is 202 Å². The maximum absolute atomic E-state index is 13.9. The number of pyridine rings is 1. The largest absolute Gasteiger partial charge is 0.493 e. The number of rotatable bonds is 12. The maximum Gasteiger partial charge on any atom is 0.343 e. The van der Waals surface area contributed by atoms with Crippen molar-refractivity contribution in [1.82, 2.24) is 19.4 Å². The molecule has 0 amide bonds. The highest BCUT2D eigenvalue weighted by Crippen LogP contribution is 2.34. The molecule has 2 aromatic carbocycles. The predicted octanol–water partition coefficient (Wildman–Crippen LogP) is 6.03. The summed E-state index contributed by atoms with van der Waals surface area (Å²) in [6.45, 7) is 11.4. The summed E-state index contributed by atoms with van der Waals surface area (Å²) in [5, 5.41) is 0.466. The zero-order valence-corrected chi connectivity index (χ0v) is 35.0. The molecule has 0 radical (unpaired) electrons. The molecular weight excluding hydrogens is 749 g/mol. The third kappa shape index (κ3) is 12.4. The molecule has 5 N–H and O–H groups in total. The minimum absolute atomic E-state index is 0.0640. The summed E-state index contributed by atoms with van der Waals surface area (Å²) in [7, 11) is -0.520. The van der Waals surface area contributed by atoms with E-state index in [0.29, 0.717) is 65.0 Å². The molecule has 2 aromatic heterocycles. The van der Waals surface area contributed by atoms with Gasteiger partial charge in [0.2, 0.25) is 11.4 Å². The van der Waals surface area contributed by atoms with E-state index in [1.54, 1.807) is 32.7 Å². The van der Waals surface area contributed by atoms with Gasteiger partial charge < -0.3 is 30.2 Å². The van der Waals surface area contributed by atoms with Gasteiger partial charge in [-0.05, 0) is 89.8 Å². The fraction of sp³-hybridized carbons (Fsp3) is 0.476. The summed E-state index contributed by atoms with van der Waals surface area (Å²) < 4.78 is 45.2. The Kier molecular flexibility index (Phi) is 15.5. The fourth-order valence-electron chi connectivity index (χ4n) is 7.13. The van der Waals surface area contributed by atoms with Crippen LogP contribution in [0, 0.1) is 11.8 Å². The molecule has 15 heteroatoms. The van der Waals surface area contributed by atoms with Crippen molar-refractivity contribution in [3.05, 3.63) is 80.8 Å². The quantitative estimate of drug-likeness (QED) is 0.0853. The van der Waals surface area contributed by atoms with E-state index < -0.39 is 16.1 Å². The van der Waals surface area contributed by atoms with Crippen LogP contribution in [0.25, 0.3) is 10.9 Å². The van der Waals surface area contributed by atoms with Gasteiger partial charge in [-0.15, -0.1) is 0 Å². The van der Waals surface area contributed by atoms with Gasteiger partial charge in [0.05, 0.1) is 31.6 Å². The van der Waals surface area contributed by atoms with Crippen LogP contribution in [0.3, 0.4) is 0 Å². The van der Waals surface area contributed by atoms with Crippen molar-refractivity contribution in [2.45, 2.75) is 104 Å². The second-order valence-corrected chi connectivity index (χ2v) is 16.4. The lowest BCUT2D eigenvalue weighted by Crippen LogP contribution is -2.39. The number of aromatic nitrogens is 3. The molecule has 1 fully saturated rings. The molecule has 1 saturated carbocycles. The zero-order chi connectivity index (χ0) is 42.0. The highest BCUT2D eigenvalue weighted by Gasteiger charge is 2.24. The van der Waals surface area contributed by atoms with Crippen LogP contribution in [0.5, 0.6) is 11.5 Å². The van der Waals surface area contributed by atoms with E-state index in [4.69, 9.17) is 30.2 Å². The Labute approximate surface area is 335 Å². The number of carbonyl (C=O) groups is 1. The molecule has 308 valence electrons. The number of carbonyl (C=O) groups excluding carboxylic acids is 1. The van der Waals surface area contributed by atoms with E-state index in [-0.39, 0.29) is 29.1 Å². The van der Waals surface area contributed by atoms with Gasteiger partial charge in [0, 0.05) is 60.0 Å². The number of ether oxygens (including phenoxy) is 3. The number of methoxy groups -OCH3 is 2. The first-order valence-corrected chi connectivity index (χ1v) is 21.0. The van der Waals surface area contributed by atoms with Gasteiger partial charge in [-0.2, -0.15) is 13.4 Å². The number of nitrogen functional groups attached to an aromatic ring is 2. The van der Waals surface area contributed by atoms with Crippen LogP contribution in [0.4, 0.5) is 11.8 Å². The Bertz CT molecular complexity index is 2260. The first kappa shape index (κ1) is 44.5. The minimum atomic E-state index is -3.67.